The van der Waals surface area contributed by atoms with Crippen molar-refractivity contribution in [3.05, 3.63) is 0 Å². The molecule has 0 radical (unpaired) electrons. The number of carbonyl (C=O) groups is 1. The monoisotopic (exact) mass is 234 g/mol. The van der Waals surface area contributed by atoms with Gasteiger partial charge < -0.3 is 11.1 Å². The Morgan fingerprint density at radius 3 is 2.53 bits per heavy atom. The summed E-state index contributed by atoms with van der Waals surface area (Å²) < 4.78 is 11.6. The first-order chi connectivity index (χ1) is 7.02. The minimum Gasteiger partial charge on any atom is -0.353 e. The van der Waals surface area contributed by atoms with Crippen LogP contribution in [-0.2, 0) is 15.6 Å². The Labute approximate surface area is 94.4 Å². The van der Waals surface area contributed by atoms with Gasteiger partial charge in [0.25, 0.3) is 0 Å². The van der Waals surface area contributed by atoms with Crippen LogP contribution in [0.2, 0.25) is 0 Å². The van der Waals surface area contributed by atoms with Crippen molar-refractivity contribution in [3.63, 3.8) is 0 Å². The van der Waals surface area contributed by atoms with Crippen molar-refractivity contribution in [2.24, 2.45) is 5.73 Å². The van der Waals surface area contributed by atoms with Crippen molar-refractivity contribution in [3.8, 4) is 0 Å². The second-order valence-corrected chi connectivity index (χ2v) is 5.56. The minimum absolute atomic E-state index is 0.125. The highest BCUT2D eigenvalue weighted by molar-refractivity contribution is 7.86. The number of hydrogen-bond acceptors (Lipinski definition) is 3. The summed E-state index contributed by atoms with van der Waals surface area (Å²) in [4.78, 5) is 11.6. The SMILES string of the molecule is CCC(C)NC(=O)C(C)S(=O)CCCN. The molecule has 90 valence electrons. The largest absolute Gasteiger partial charge is 0.353 e. The molecule has 0 saturated carbocycles. The van der Waals surface area contributed by atoms with Crippen LogP contribution >= 0.6 is 0 Å². The van der Waals surface area contributed by atoms with Gasteiger partial charge in [-0.25, -0.2) is 0 Å². The van der Waals surface area contributed by atoms with E-state index in [1.54, 1.807) is 6.92 Å². The molecule has 3 N–H and O–H groups in total. The molecular weight excluding hydrogens is 212 g/mol. The average molecular weight is 234 g/mol. The summed E-state index contributed by atoms with van der Waals surface area (Å²) >= 11 is 0. The van der Waals surface area contributed by atoms with Gasteiger partial charge in [-0.3, -0.25) is 9.00 Å². The van der Waals surface area contributed by atoms with Crippen molar-refractivity contribution < 1.29 is 9.00 Å². The molecule has 0 aliphatic rings. The highest BCUT2D eigenvalue weighted by atomic mass is 32.2. The van der Waals surface area contributed by atoms with Crippen LogP contribution in [0.5, 0.6) is 0 Å². The Kier molecular flexibility index (Phi) is 7.60. The van der Waals surface area contributed by atoms with Gasteiger partial charge in [0, 0.05) is 22.6 Å². The van der Waals surface area contributed by atoms with E-state index in [0.29, 0.717) is 18.7 Å². The zero-order valence-electron chi connectivity index (χ0n) is 9.79. The van der Waals surface area contributed by atoms with Gasteiger partial charge in [0.15, 0.2) is 0 Å². The lowest BCUT2D eigenvalue weighted by molar-refractivity contribution is -0.120. The van der Waals surface area contributed by atoms with E-state index in [1.165, 1.54) is 0 Å². The summed E-state index contributed by atoms with van der Waals surface area (Å²) in [7, 11) is -1.11. The van der Waals surface area contributed by atoms with Crippen molar-refractivity contribution in [1.82, 2.24) is 5.32 Å². The fourth-order valence-electron chi connectivity index (χ4n) is 0.984. The van der Waals surface area contributed by atoms with Crippen LogP contribution in [0.1, 0.15) is 33.6 Å². The highest BCUT2D eigenvalue weighted by Gasteiger charge is 2.20. The van der Waals surface area contributed by atoms with Crippen molar-refractivity contribution >= 4 is 16.7 Å². The molecule has 0 bridgehead atoms. The van der Waals surface area contributed by atoms with Gasteiger partial charge in [-0.15, -0.1) is 0 Å². The van der Waals surface area contributed by atoms with Crippen LogP contribution in [0.4, 0.5) is 0 Å². The Bertz CT molecular complexity index is 221. The van der Waals surface area contributed by atoms with Gasteiger partial charge in [0.05, 0.1) is 0 Å². The number of nitrogens with one attached hydrogen (secondary N) is 1. The summed E-state index contributed by atoms with van der Waals surface area (Å²) in [5.41, 5.74) is 5.32. The Morgan fingerprint density at radius 2 is 2.07 bits per heavy atom. The molecule has 0 fully saturated rings. The Morgan fingerprint density at radius 1 is 1.47 bits per heavy atom. The summed E-state index contributed by atoms with van der Waals surface area (Å²) in [6.07, 6.45) is 1.58. The third-order valence-corrected chi connectivity index (χ3v) is 4.01. The van der Waals surface area contributed by atoms with Crippen LogP contribution in [0.15, 0.2) is 0 Å². The number of rotatable bonds is 7. The first kappa shape index (κ1) is 14.6. The fourth-order valence-corrected chi connectivity index (χ4v) is 2.10. The van der Waals surface area contributed by atoms with E-state index < -0.39 is 16.0 Å². The normalized spacial score (nSPS) is 16.8. The lowest BCUT2D eigenvalue weighted by Gasteiger charge is -2.15. The summed E-state index contributed by atoms with van der Waals surface area (Å²) in [5, 5.41) is 2.38. The predicted octanol–water partition coefficient (Wildman–Crippen LogP) is 0.387. The number of amides is 1. The van der Waals surface area contributed by atoms with E-state index in [1.807, 2.05) is 13.8 Å². The summed E-state index contributed by atoms with van der Waals surface area (Å²) in [6.45, 7) is 6.16. The van der Waals surface area contributed by atoms with E-state index in [9.17, 15) is 9.00 Å². The van der Waals surface area contributed by atoms with Gasteiger partial charge in [0.1, 0.15) is 5.25 Å². The van der Waals surface area contributed by atoms with Crippen LogP contribution in [0.3, 0.4) is 0 Å². The second-order valence-electron chi connectivity index (χ2n) is 3.69. The molecule has 0 saturated heterocycles. The standard InChI is InChI=1S/C10H22N2O2S/c1-4-8(2)12-10(13)9(3)15(14)7-5-6-11/h8-9H,4-7,11H2,1-3H3,(H,12,13). The first-order valence-electron chi connectivity index (χ1n) is 5.40. The number of carbonyl (C=O) groups excluding carboxylic acids is 1. The zero-order chi connectivity index (χ0) is 11.8. The number of hydrogen-bond donors (Lipinski definition) is 2. The lowest BCUT2D eigenvalue weighted by Crippen LogP contribution is -2.40. The molecule has 3 unspecified atom stereocenters. The van der Waals surface area contributed by atoms with Gasteiger partial charge in [-0.1, -0.05) is 6.92 Å². The van der Waals surface area contributed by atoms with E-state index in [2.05, 4.69) is 5.32 Å². The highest BCUT2D eigenvalue weighted by Crippen LogP contribution is 2.00. The topological polar surface area (TPSA) is 72.2 Å². The third-order valence-electron chi connectivity index (χ3n) is 2.31. The minimum atomic E-state index is -1.11. The van der Waals surface area contributed by atoms with E-state index in [-0.39, 0.29) is 11.9 Å². The molecule has 0 aliphatic carbocycles. The van der Waals surface area contributed by atoms with Crippen molar-refractivity contribution in [2.75, 3.05) is 12.3 Å². The molecule has 0 aromatic carbocycles. The quantitative estimate of drug-likeness (QED) is 0.669. The molecule has 0 spiro atoms. The Balaban J connectivity index is 4.02. The van der Waals surface area contributed by atoms with Crippen LogP contribution in [0, 0.1) is 0 Å². The molecule has 3 atom stereocenters. The Hall–Kier alpha value is -0.420. The maximum atomic E-state index is 11.6. The van der Waals surface area contributed by atoms with Gasteiger partial charge in [-0.2, -0.15) is 0 Å². The second kappa shape index (κ2) is 7.82. The van der Waals surface area contributed by atoms with E-state index >= 15 is 0 Å². The van der Waals surface area contributed by atoms with E-state index in [0.717, 1.165) is 6.42 Å². The van der Waals surface area contributed by atoms with E-state index in [4.69, 9.17) is 5.73 Å². The summed E-state index contributed by atoms with van der Waals surface area (Å²) in [5.74, 6) is 0.380. The fraction of sp³-hybridized carbons (Fsp3) is 0.900. The third kappa shape index (κ3) is 5.89. The predicted molar refractivity (Wildman–Crippen MR) is 64.0 cm³/mol. The zero-order valence-corrected chi connectivity index (χ0v) is 10.6. The molecule has 15 heavy (non-hydrogen) atoms. The molecule has 0 rings (SSSR count). The average Bonchev–Trinajstić information content (AvgIpc) is 2.24. The molecule has 0 aromatic heterocycles. The maximum absolute atomic E-state index is 11.6. The molecule has 5 heteroatoms. The first-order valence-corrected chi connectivity index (χ1v) is 6.78. The van der Waals surface area contributed by atoms with Gasteiger partial charge >= 0.3 is 0 Å². The number of nitrogens with two attached hydrogens (primary N) is 1. The van der Waals surface area contributed by atoms with Gasteiger partial charge in [-0.05, 0) is 33.2 Å². The molecule has 0 heterocycles. The van der Waals surface area contributed by atoms with Crippen molar-refractivity contribution in [2.45, 2.75) is 44.9 Å². The van der Waals surface area contributed by atoms with Crippen LogP contribution in [-0.4, -0.2) is 33.7 Å². The molecule has 4 nitrogen and oxygen atoms in total. The molecular formula is C10H22N2O2S. The summed E-state index contributed by atoms with van der Waals surface area (Å²) in [6, 6.07) is 0.145. The lowest BCUT2D eigenvalue weighted by atomic mass is 10.2. The van der Waals surface area contributed by atoms with Gasteiger partial charge in [0.2, 0.25) is 5.91 Å². The molecule has 0 aromatic rings. The van der Waals surface area contributed by atoms with Crippen LogP contribution in [0.25, 0.3) is 0 Å². The smallest absolute Gasteiger partial charge is 0.235 e. The molecule has 1 amide bonds. The van der Waals surface area contributed by atoms with Crippen LogP contribution < -0.4 is 11.1 Å². The maximum Gasteiger partial charge on any atom is 0.235 e. The van der Waals surface area contributed by atoms with Crippen molar-refractivity contribution in [1.29, 1.82) is 0 Å². The molecule has 0 aliphatic heterocycles.